The molecule has 0 spiro atoms. The van der Waals surface area contributed by atoms with Crippen molar-refractivity contribution < 1.29 is 14.3 Å². The fourth-order valence-corrected chi connectivity index (χ4v) is 4.29. The van der Waals surface area contributed by atoms with Gasteiger partial charge < -0.3 is 9.64 Å². The number of halogens is 1. The maximum absolute atomic E-state index is 13.4. The minimum absolute atomic E-state index is 0.105. The Hall–Kier alpha value is -2.84. The molecule has 1 atom stereocenters. The average molecular weight is 460 g/mol. The lowest BCUT2D eigenvalue weighted by Gasteiger charge is -2.19. The van der Waals surface area contributed by atoms with E-state index in [0.29, 0.717) is 26.6 Å². The van der Waals surface area contributed by atoms with Crippen molar-refractivity contribution in [3.63, 3.8) is 0 Å². The van der Waals surface area contributed by atoms with Crippen LogP contribution in [-0.4, -0.2) is 52.8 Å². The Morgan fingerprint density at radius 1 is 1.23 bits per heavy atom. The molecule has 0 unspecified atom stereocenters. The molecule has 3 rings (SSSR count). The molecule has 0 saturated carbocycles. The summed E-state index contributed by atoms with van der Waals surface area (Å²) in [5.74, 6) is -0.624. The Morgan fingerprint density at radius 2 is 1.94 bits per heavy atom. The maximum atomic E-state index is 13.4. The van der Waals surface area contributed by atoms with Crippen LogP contribution in [0.5, 0.6) is 0 Å². The van der Waals surface area contributed by atoms with E-state index < -0.39 is 11.2 Å². The molecule has 31 heavy (non-hydrogen) atoms. The van der Waals surface area contributed by atoms with Gasteiger partial charge in [-0.25, -0.2) is 9.78 Å². The molecule has 3 aromatic rings. The third-order valence-electron chi connectivity index (χ3n) is 4.70. The van der Waals surface area contributed by atoms with Crippen molar-refractivity contribution in [1.82, 2.24) is 14.5 Å². The summed E-state index contributed by atoms with van der Waals surface area (Å²) in [4.78, 5) is 43.8. The Labute approximate surface area is 189 Å². The van der Waals surface area contributed by atoms with Crippen LogP contribution in [0, 0.1) is 0 Å². The number of hydrogen-bond acceptors (Lipinski definition) is 6. The van der Waals surface area contributed by atoms with Gasteiger partial charge in [0.25, 0.3) is 5.56 Å². The lowest BCUT2D eigenvalue weighted by atomic mass is 10.1. The highest BCUT2D eigenvalue weighted by Crippen LogP contribution is 2.26. The molecule has 1 amide bonds. The number of ether oxygens (including phenoxy) is 1. The van der Waals surface area contributed by atoms with Crippen molar-refractivity contribution in [2.75, 3.05) is 21.2 Å². The normalized spacial score (nSPS) is 11.9. The first-order valence-corrected chi connectivity index (χ1v) is 10.7. The van der Waals surface area contributed by atoms with Gasteiger partial charge in [-0.15, -0.1) is 0 Å². The summed E-state index contributed by atoms with van der Waals surface area (Å²) >= 11 is 7.49. The molecule has 0 aliphatic carbocycles. The summed E-state index contributed by atoms with van der Waals surface area (Å²) in [5.41, 5.74) is 1.12. The fourth-order valence-electron chi connectivity index (χ4n) is 3.04. The van der Waals surface area contributed by atoms with Gasteiger partial charge >= 0.3 is 5.97 Å². The van der Waals surface area contributed by atoms with E-state index in [0.717, 1.165) is 5.56 Å². The molecular formula is C22H22ClN3O4S. The van der Waals surface area contributed by atoms with Crippen molar-refractivity contribution in [1.29, 1.82) is 0 Å². The summed E-state index contributed by atoms with van der Waals surface area (Å²) in [6.07, 6.45) is 0. The molecule has 1 heterocycles. The number of rotatable bonds is 6. The second-order valence-corrected chi connectivity index (χ2v) is 8.81. The van der Waals surface area contributed by atoms with E-state index >= 15 is 0 Å². The Balaban J connectivity index is 2.17. The third kappa shape index (κ3) is 4.91. The number of aromatic nitrogens is 2. The van der Waals surface area contributed by atoms with Gasteiger partial charge in [-0.1, -0.05) is 41.6 Å². The van der Waals surface area contributed by atoms with Crippen LogP contribution in [-0.2, 0) is 16.1 Å². The van der Waals surface area contributed by atoms with E-state index in [4.69, 9.17) is 16.3 Å². The molecule has 1 aromatic heterocycles. The number of carbonyl (C=O) groups excluding carboxylic acids is 2. The highest BCUT2D eigenvalue weighted by molar-refractivity contribution is 8.00. The first-order chi connectivity index (χ1) is 14.7. The molecular weight excluding hydrogens is 438 g/mol. The predicted octanol–water partition coefficient (Wildman–Crippen LogP) is 3.45. The Morgan fingerprint density at radius 3 is 2.58 bits per heavy atom. The summed E-state index contributed by atoms with van der Waals surface area (Å²) in [5, 5.41) is 0.780. The van der Waals surface area contributed by atoms with Gasteiger partial charge in [0.2, 0.25) is 5.91 Å². The lowest BCUT2D eigenvalue weighted by Crippen LogP contribution is -2.31. The van der Waals surface area contributed by atoms with Gasteiger partial charge in [-0.2, -0.15) is 0 Å². The zero-order valence-corrected chi connectivity index (χ0v) is 19.2. The summed E-state index contributed by atoms with van der Waals surface area (Å²) in [7, 11) is 4.64. The number of carbonyl (C=O) groups is 2. The summed E-state index contributed by atoms with van der Waals surface area (Å²) in [6.45, 7) is 1.96. The smallest absolute Gasteiger partial charge is 0.337 e. The highest BCUT2D eigenvalue weighted by Gasteiger charge is 2.21. The number of hydrogen-bond donors (Lipinski definition) is 0. The molecule has 0 N–H and O–H groups in total. The van der Waals surface area contributed by atoms with E-state index in [2.05, 4.69) is 4.98 Å². The number of thioether (sulfide) groups is 1. The van der Waals surface area contributed by atoms with E-state index in [1.165, 1.54) is 40.5 Å². The third-order valence-corrected chi connectivity index (χ3v) is 6.14. The van der Waals surface area contributed by atoms with Crippen molar-refractivity contribution >= 4 is 46.1 Å². The maximum Gasteiger partial charge on any atom is 0.337 e. The number of methoxy groups -OCH3 is 1. The van der Waals surface area contributed by atoms with E-state index in [9.17, 15) is 14.4 Å². The van der Waals surface area contributed by atoms with Crippen molar-refractivity contribution in [2.45, 2.75) is 23.9 Å². The highest BCUT2D eigenvalue weighted by atomic mass is 35.5. The zero-order valence-electron chi connectivity index (χ0n) is 17.6. The monoisotopic (exact) mass is 459 g/mol. The molecule has 0 radical (unpaired) electrons. The van der Waals surface area contributed by atoms with Gasteiger partial charge in [0, 0.05) is 19.1 Å². The van der Waals surface area contributed by atoms with Crippen LogP contribution < -0.4 is 5.56 Å². The predicted molar refractivity (Wildman–Crippen MR) is 122 cm³/mol. The molecule has 0 aliphatic rings. The van der Waals surface area contributed by atoms with Gasteiger partial charge in [0.15, 0.2) is 5.16 Å². The van der Waals surface area contributed by atoms with Crippen LogP contribution in [0.4, 0.5) is 0 Å². The minimum atomic E-state index is -0.519. The van der Waals surface area contributed by atoms with E-state index in [-0.39, 0.29) is 18.0 Å². The first-order valence-electron chi connectivity index (χ1n) is 9.47. The van der Waals surface area contributed by atoms with Crippen LogP contribution >= 0.6 is 23.4 Å². The Kier molecular flexibility index (Phi) is 7.02. The molecule has 0 aliphatic heterocycles. The quantitative estimate of drug-likeness (QED) is 0.319. The standard InChI is InChI=1S/C22H22ClN3O4S/c1-13(19(27)25(2)3)31-22-24-18-11-14(21(29)30-4)9-10-16(18)20(28)26(22)12-15-7-5-6-8-17(15)23/h5-11,13H,12H2,1-4H3/t13-/m0/s1. The minimum Gasteiger partial charge on any atom is -0.465 e. The SMILES string of the molecule is COC(=O)c1ccc2c(=O)n(Cc3ccccc3Cl)c(S[C@@H](C)C(=O)N(C)C)nc2c1. The lowest BCUT2D eigenvalue weighted by molar-refractivity contribution is -0.127. The average Bonchev–Trinajstić information content (AvgIpc) is 2.75. The second-order valence-electron chi connectivity index (χ2n) is 7.09. The van der Waals surface area contributed by atoms with E-state index in [1.54, 1.807) is 33.2 Å². The van der Waals surface area contributed by atoms with Gasteiger partial charge in [0.05, 0.1) is 35.4 Å². The number of esters is 1. The topological polar surface area (TPSA) is 81.5 Å². The van der Waals surface area contributed by atoms with Crippen molar-refractivity contribution in [2.24, 2.45) is 0 Å². The zero-order chi connectivity index (χ0) is 22.7. The first kappa shape index (κ1) is 22.8. The molecule has 0 saturated heterocycles. The van der Waals surface area contributed by atoms with Gasteiger partial charge in [0.1, 0.15) is 0 Å². The molecule has 2 aromatic carbocycles. The van der Waals surface area contributed by atoms with Gasteiger partial charge in [-0.05, 0) is 36.8 Å². The number of nitrogens with zero attached hydrogens (tertiary/aromatic N) is 3. The molecule has 0 bridgehead atoms. The van der Waals surface area contributed by atoms with Crippen molar-refractivity contribution in [3.05, 3.63) is 69.0 Å². The van der Waals surface area contributed by atoms with Crippen LogP contribution in [0.25, 0.3) is 10.9 Å². The Bertz CT molecular complexity index is 1210. The summed E-state index contributed by atoms with van der Waals surface area (Å²) in [6, 6.07) is 11.9. The number of benzene rings is 2. The molecule has 9 heteroatoms. The van der Waals surface area contributed by atoms with E-state index in [1.807, 2.05) is 18.2 Å². The van der Waals surface area contributed by atoms with Crippen LogP contribution in [0.3, 0.4) is 0 Å². The summed E-state index contributed by atoms with van der Waals surface area (Å²) < 4.78 is 6.27. The van der Waals surface area contributed by atoms with Crippen LogP contribution in [0.2, 0.25) is 5.02 Å². The van der Waals surface area contributed by atoms with Crippen LogP contribution in [0.15, 0.2) is 52.4 Å². The van der Waals surface area contributed by atoms with Gasteiger partial charge in [-0.3, -0.25) is 14.2 Å². The largest absolute Gasteiger partial charge is 0.465 e. The molecule has 0 fully saturated rings. The second kappa shape index (κ2) is 9.53. The van der Waals surface area contributed by atoms with Crippen LogP contribution in [0.1, 0.15) is 22.8 Å². The van der Waals surface area contributed by atoms with Crippen molar-refractivity contribution in [3.8, 4) is 0 Å². The number of fused-ring (bicyclic) bond motifs is 1. The molecule has 162 valence electrons. The molecule has 7 nitrogen and oxygen atoms in total. The fraction of sp³-hybridized carbons (Fsp3) is 0.273. The number of amides is 1.